The maximum absolute atomic E-state index is 11.8. The molecule has 23 heavy (non-hydrogen) atoms. The van der Waals surface area contributed by atoms with Gasteiger partial charge in [0.25, 0.3) is 0 Å². The van der Waals surface area contributed by atoms with Crippen LogP contribution in [0.15, 0.2) is 30.3 Å². The molecule has 1 unspecified atom stereocenters. The summed E-state index contributed by atoms with van der Waals surface area (Å²) in [5.74, 6) is 0.282. The van der Waals surface area contributed by atoms with E-state index in [1.165, 1.54) is 19.3 Å². The van der Waals surface area contributed by atoms with E-state index in [0.29, 0.717) is 19.6 Å². The Morgan fingerprint density at radius 2 is 1.83 bits per heavy atom. The fourth-order valence-corrected chi connectivity index (χ4v) is 4.21. The maximum atomic E-state index is 11.8. The fraction of sp³-hybridized carbons (Fsp3) is 0.700. The second-order valence-electron chi connectivity index (χ2n) is 7.74. The molecule has 1 heterocycles. The minimum absolute atomic E-state index is 0.122. The molecule has 1 atom stereocenters. The lowest BCUT2D eigenvalue weighted by molar-refractivity contribution is -0.894. The molecule has 0 spiro atoms. The maximum Gasteiger partial charge on any atom is 0.105 e. The van der Waals surface area contributed by atoms with Crippen molar-refractivity contribution in [1.82, 2.24) is 4.90 Å². The molecule has 1 aromatic carbocycles. The number of β-amino-alcohol motifs (C(OH)–C–C–N with tert-alkyl or cyclic N) is 1. The predicted molar refractivity (Wildman–Crippen MR) is 95.2 cm³/mol. The molecule has 128 valence electrons. The Morgan fingerprint density at radius 3 is 2.43 bits per heavy atom. The summed E-state index contributed by atoms with van der Waals surface area (Å²) in [5.41, 5.74) is 0.160. The molecule has 1 saturated carbocycles. The zero-order valence-electron chi connectivity index (χ0n) is 17.4. The van der Waals surface area contributed by atoms with Gasteiger partial charge >= 0.3 is 0 Å². The Hall–Kier alpha value is -0.900. The highest BCUT2D eigenvalue weighted by atomic mass is 16.3. The Labute approximate surface area is 145 Å². The largest absolute Gasteiger partial charge is 0.384 e. The molecule has 0 radical (unpaired) electrons. The van der Waals surface area contributed by atoms with Gasteiger partial charge < -0.3 is 9.59 Å². The van der Waals surface area contributed by atoms with E-state index in [0.717, 1.165) is 31.5 Å². The van der Waals surface area contributed by atoms with Crippen LogP contribution in [-0.2, 0) is 5.60 Å². The average molecular weight is 321 g/mol. The minimum atomic E-state index is -1.97. The molecule has 0 aromatic heterocycles. The molecular formula is C20H33N2O+. The number of likely N-dealkylation sites (N-methyl/N-ethyl adjacent to an activating group) is 1. The number of hydrogen-bond donors (Lipinski definition) is 1. The van der Waals surface area contributed by atoms with E-state index in [4.69, 9.17) is 4.11 Å². The lowest BCUT2D eigenvalue weighted by atomic mass is 9.73. The first kappa shape index (κ1) is 13.4. The zero-order valence-corrected chi connectivity index (χ0v) is 14.4. The zero-order chi connectivity index (χ0) is 18.8. The predicted octanol–water partition coefficient (Wildman–Crippen LogP) is 2.85. The first-order valence-corrected chi connectivity index (χ1v) is 9.09. The quantitative estimate of drug-likeness (QED) is 0.862. The first-order chi connectivity index (χ1) is 12.2. The van der Waals surface area contributed by atoms with Crippen LogP contribution in [0.2, 0.25) is 0 Å². The third kappa shape index (κ3) is 3.96. The van der Waals surface area contributed by atoms with Crippen LogP contribution in [0.25, 0.3) is 0 Å². The standard InChI is InChI=1S/C20H33N2O/c1-22(2)15-13-21(14-16-22)17-20(23,18-9-5-3-6-10-18)19-11-7-4-8-12-19/h3,5-6,9-10,19,23H,4,7-8,11-17H2,1-2H3/q+1/i1D3. The second kappa shape index (κ2) is 6.92. The average Bonchev–Trinajstić information content (AvgIpc) is 2.64. The number of aliphatic hydroxyl groups is 1. The molecule has 1 aliphatic carbocycles. The van der Waals surface area contributed by atoms with Gasteiger partial charge in [-0.1, -0.05) is 49.6 Å². The summed E-state index contributed by atoms with van der Waals surface area (Å²) in [4.78, 5) is 2.27. The molecule has 3 heteroatoms. The molecule has 1 aliphatic heterocycles. The Morgan fingerprint density at radius 1 is 1.17 bits per heavy atom. The molecular weight excluding hydrogens is 284 g/mol. The van der Waals surface area contributed by atoms with E-state index < -0.39 is 12.6 Å². The molecule has 2 fully saturated rings. The van der Waals surface area contributed by atoms with Gasteiger partial charge in [-0.3, -0.25) is 4.90 Å². The van der Waals surface area contributed by atoms with Crippen LogP contribution in [0.5, 0.6) is 0 Å². The fourth-order valence-electron chi connectivity index (χ4n) is 4.21. The first-order valence-electron chi connectivity index (χ1n) is 10.6. The van der Waals surface area contributed by atoms with Crippen molar-refractivity contribution >= 4 is 0 Å². The molecule has 3 nitrogen and oxygen atoms in total. The second-order valence-corrected chi connectivity index (χ2v) is 7.74. The Bertz CT molecular complexity index is 578. The van der Waals surface area contributed by atoms with Crippen LogP contribution < -0.4 is 0 Å². The highest BCUT2D eigenvalue weighted by Gasteiger charge is 2.41. The van der Waals surface area contributed by atoms with Crippen LogP contribution in [0.3, 0.4) is 0 Å². The SMILES string of the molecule is [2H]C([2H])([2H])[N+]1(C)CCN(CC(O)(c2ccccc2)C2CCCCC2)CC1. The van der Waals surface area contributed by atoms with E-state index in [9.17, 15) is 5.11 Å². The monoisotopic (exact) mass is 320 g/mol. The lowest BCUT2D eigenvalue weighted by Crippen LogP contribution is -2.58. The summed E-state index contributed by atoms with van der Waals surface area (Å²) in [5, 5.41) is 11.8. The van der Waals surface area contributed by atoms with Crippen molar-refractivity contribution in [3.05, 3.63) is 35.9 Å². The van der Waals surface area contributed by atoms with Crippen LogP contribution in [-0.4, -0.2) is 61.2 Å². The normalized spacial score (nSPS) is 28.3. The van der Waals surface area contributed by atoms with E-state index in [1.54, 1.807) is 0 Å². The van der Waals surface area contributed by atoms with Gasteiger partial charge in [-0.05, 0) is 24.3 Å². The molecule has 1 N–H and O–H groups in total. The van der Waals surface area contributed by atoms with Gasteiger partial charge in [-0.15, -0.1) is 0 Å². The summed E-state index contributed by atoms with van der Waals surface area (Å²) in [6.45, 7) is 1.28. The van der Waals surface area contributed by atoms with E-state index in [1.807, 2.05) is 37.4 Å². The van der Waals surface area contributed by atoms with Gasteiger partial charge in [0.15, 0.2) is 0 Å². The van der Waals surface area contributed by atoms with Crippen molar-refractivity contribution in [2.45, 2.75) is 37.7 Å². The number of rotatable bonds is 4. The summed E-state index contributed by atoms with van der Waals surface area (Å²) in [7, 11) is 1.83. The molecule has 1 saturated heterocycles. The molecule has 3 rings (SSSR count). The summed E-state index contributed by atoms with van der Waals surface area (Å²) in [6, 6.07) is 10.1. The lowest BCUT2D eigenvalue weighted by Gasteiger charge is -2.45. The summed E-state index contributed by atoms with van der Waals surface area (Å²) in [6.07, 6.45) is 5.78. The van der Waals surface area contributed by atoms with Gasteiger partial charge in [0, 0.05) is 19.6 Å². The molecule has 2 aliphatic rings. The smallest absolute Gasteiger partial charge is 0.105 e. The van der Waals surface area contributed by atoms with Gasteiger partial charge in [0.05, 0.1) is 31.2 Å². The highest BCUT2D eigenvalue weighted by molar-refractivity contribution is 5.24. The van der Waals surface area contributed by atoms with Crippen LogP contribution >= 0.6 is 0 Å². The summed E-state index contributed by atoms with van der Waals surface area (Å²) < 4.78 is 23.5. The van der Waals surface area contributed by atoms with Gasteiger partial charge in [0.1, 0.15) is 5.60 Å². The number of benzene rings is 1. The molecule has 1 aromatic rings. The van der Waals surface area contributed by atoms with Gasteiger partial charge in [0.2, 0.25) is 0 Å². The summed E-state index contributed by atoms with van der Waals surface area (Å²) >= 11 is 0. The van der Waals surface area contributed by atoms with Crippen molar-refractivity contribution in [2.24, 2.45) is 5.92 Å². The molecule has 0 amide bonds. The molecule has 0 bridgehead atoms. The van der Waals surface area contributed by atoms with Crippen molar-refractivity contribution in [1.29, 1.82) is 0 Å². The van der Waals surface area contributed by atoms with E-state index in [2.05, 4.69) is 4.90 Å². The van der Waals surface area contributed by atoms with Crippen molar-refractivity contribution < 1.29 is 13.7 Å². The topological polar surface area (TPSA) is 23.5 Å². The third-order valence-corrected chi connectivity index (χ3v) is 5.84. The van der Waals surface area contributed by atoms with Crippen molar-refractivity contribution in [2.75, 3.05) is 46.7 Å². The number of hydrogen-bond acceptors (Lipinski definition) is 2. The van der Waals surface area contributed by atoms with Crippen molar-refractivity contribution in [3.63, 3.8) is 0 Å². The van der Waals surface area contributed by atoms with Gasteiger partial charge in [-0.2, -0.15) is 0 Å². The van der Waals surface area contributed by atoms with Gasteiger partial charge in [-0.25, -0.2) is 0 Å². The number of nitrogens with zero attached hydrogens (tertiary/aromatic N) is 2. The van der Waals surface area contributed by atoms with Crippen molar-refractivity contribution in [3.8, 4) is 0 Å². The van der Waals surface area contributed by atoms with Crippen LogP contribution in [0, 0.1) is 5.92 Å². The van der Waals surface area contributed by atoms with Crippen LogP contribution in [0.4, 0.5) is 0 Å². The number of quaternary nitrogens is 1. The Kier molecular flexibility index (Phi) is 4.03. The highest BCUT2D eigenvalue weighted by Crippen LogP contribution is 2.40. The van der Waals surface area contributed by atoms with Crippen LogP contribution in [0.1, 0.15) is 41.8 Å². The van der Waals surface area contributed by atoms with E-state index in [-0.39, 0.29) is 10.4 Å². The number of piperazine rings is 1. The third-order valence-electron chi connectivity index (χ3n) is 5.84. The Balaban J connectivity index is 1.75. The minimum Gasteiger partial charge on any atom is -0.384 e. The van der Waals surface area contributed by atoms with E-state index >= 15 is 0 Å².